The Bertz CT molecular complexity index is 1010. The first-order chi connectivity index (χ1) is 13.5. The fourth-order valence-corrected chi connectivity index (χ4v) is 4.37. The first-order valence-corrected chi connectivity index (χ1v) is 10.5. The van der Waals surface area contributed by atoms with E-state index >= 15 is 0 Å². The molecule has 0 aliphatic rings. The van der Waals surface area contributed by atoms with Gasteiger partial charge in [-0.05, 0) is 42.8 Å². The zero-order chi connectivity index (χ0) is 20.0. The standard InChI is InChI=1S/C21H22FN3O2S/c1-2-25(19-9-4-3-5-10-19)28(26,27)20-11-12-21(24-16-20)23-14-13-17-7-6-8-18(22)15-17/h3-12,15-16H,2,13-14H2,1H3,(H,23,24)/p+1. The van der Waals surface area contributed by atoms with E-state index in [4.69, 9.17) is 0 Å². The topological polar surface area (TPSA) is 63.6 Å². The third-order valence-electron chi connectivity index (χ3n) is 4.32. The molecular formula is C21H23FN3O2S+. The van der Waals surface area contributed by atoms with Gasteiger partial charge in [-0.25, -0.2) is 17.8 Å². The van der Waals surface area contributed by atoms with E-state index in [0.717, 1.165) is 5.56 Å². The van der Waals surface area contributed by atoms with E-state index < -0.39 is 10.0 Å². The van der Waals surface area contributed by atoms with Gasteiger partial charge in [-0.3, -0.25) is 9.62 Å². The molecular weight excluding hydrogens is 377 g/mol. The number of aromatic nitrogens is 1. The van der Waals surface area contributed by atoms with Gasteiger partial charge in [0.05, 0.1) is 12.2 Å². The quantitative estimate of drug-likeness (QED) is 0.629. The lowest BCUT2D eigenvalue weighted by atomic mass is 10.1. The second-order valence-electron chi connectivity index (χ2n) is 6.25. The van der Waals surface area contributed by atoms with Crippen molar-refractivity contribution in [1.29, 1.82) is 0 Å². The van der Waals surface area contributed by atoms with Crippen molar-refractivity contribution in [2.75, 3.05) is 22.7 Å². The van der Waals surface area contributed by atoms with Crippen LogP contribution in [0, 0.1) is 5.82 Å². The number of sulfonamides is 1. The van der Waals surface area contributed by atoms with Gasteiger partial charge >= 0.3 is 0 Å². The molecule has 0 radical (unpaired) electrons. The van der Waals surface area contributed by atoms with Crippen molar-refractivity contribution in [2.24, 2.45) is 0 Å². The molecule has 1 aromatic heterocycles. The van der Waals surface area contributed by atoms with Crippen molar-refractivity contribution >= 4 is 21.5 Å². The van der Waals surface area contributed by atoms with E-state index in [-0.39, 0.29) is 10.7 Å². The SMILES string of the molecule is CCN(c1ccccc1)S(=O)(=O)c1ccc(NCCc2cccc(F)c2)[nH+]c1. The van der Waals surface area contributed by atoms with E-state index in [0.29, 0.717) is 31.0 Å². The molecule has 0 aliphatic carbocycles. The molecule has 0 bridgehead atoms. The average molecular weight is 400 g/mol. The second-order valence-corrected chi connectivity index (χ2v) is 8.11. The van der Waals surface area contributed by atoms with Gasteiger partial charge in [-0.1, -0.05) is 30.3 Å². The van der Waals surface area contributed by atoms with Gasteiger partial charge in [0.15, 0.2) is 0 Å². The monoisotopic (exact) mass is 400 g/mol. The number of aromatic amines is 1. The highest BCUT2D eigenvalue weighted by Crippen LogP contribution is 2.22. The Hall–Kier alpha value is -2.93. The smallest absolute Gasteiger partial charge is 0.272 e. The molecule has 28 heavy (non-hydrogen) atoms. The van der Waals surface area contributed by atoms with E-state index in [1.54, 1.807) is 37.3 Å². The van der Waals surface area contributed by atoms with Gasteiger partial charge in [-0.15, -0.1) is 0 Å². The predicted molar refractivity (Wildman–Crippen MR) is 108 cm³/mol. The van der Waals surface area contributed by atoms with Crippen molar-refractivity contribution in [3.05, 3.63) is 84.3 Å². The molecule has 0 spiro atoms. The van der Waals surface area contributed by atoms with Crippen LogP contribution in [0.1, 0.15) is 12.5 Å². The van der Waals surface area contributed by atoms with Crippen LogP contribution in [0.3, 0.4) is 0 Å². The molecule has 3 rings (SSSR count). The largest absolute Gasteiger partial charge is 0.274 e. The van der Waals surface area contributed by atoms with Crippen molar-refractivity contribution in [2.45, 2.75) is 18.2 Å². The van der Waals surface area contributed by atoms with Crippen LogP contribution in [-0.4, -0.2) is 21.5 Å². The number of nitrogens with zero attached hydrogens (tertiary/aromatic N) is 1. The number of anilines is 2. The normalized spacial score (nSPS) is 11.2. The summed E-state index contributed by atoms with van der Waals surface area (Å²) in [5, 5.41) is 3.18. The summed E-state index contributed by atoms with van der Waals surface area (Å²) in [7, 11) is -3.66. The Kier molecular flexibility index (Phi) is 6.26. The molecule has 146 valence electrons. The summed E-state index contributed by atoms with van der Waals surface area (Å²) in [6.45, 7) is 2.73. The van der Waals surface area contributed by atoms with E-state index in [1.165, 1.54) is 22.6 Å². The third kappa shape index (κ3) is 4.67. The molecule has 7 heteroatoms. The molecule has 0 saturated heterocycles. The first-order valence-electron chi connectivity index (χ1n) is 9.08. The van der Waals surface area contributed by atoms with Gasteiger partial charge in [0.25, 0.3) is 15.8 Å². The van der Waals surface area contributed by atoms with Crippen molar-refractivity contribution in [3.8, 4) is 0 Å². The maximum atomic E-state index is 13.2. The Morgan fingerprint density at radius 3 is 2.46 bits per heavy atom. The van der Waals surface area contributed by atoms with E-state index in [9.17, 15) is 12.8 Å². The average Bonchev–Trinajstić information content (AvgIpc) is 2.70. The molecule has 0 fully saturated rings. The Morgan fingerprint density at radius 2 is 1.82 bits per heavy atom. The number of benzene rings is 2. The number of hydrogen-bond donors (Lipinski definition) is 1. The van der Waals surface area contributed by atoms with Gasteiger partial charge < -0.3 is 0 Å². The van der Waals surface area contributed by atoms with Crippen molar-refractivity contribution in [3.63, 3.8) is 0 Å². The molecule has 2 N–H and O–H groups in total. The highest BCUT2D eigenvalue weighted by Gasteiger charge is 2.24. The van der Waals surface area contributed by atoms with Gasteiger partial charge in [0.1, 0.15) is 16.9 Å². The van der Waals surface area contributed by atoms with Gasteiger partial charge in [-0.2, -0.15) is 0 Å². The molecule has 0 amide bonds. The van der Waals surface area contributed by atoms with E-state index in [2.05, 4.69) is 10.3 Å². The number of rotatable bonds is 8. The van der Waals surface area contributed by atoms with Gasteiger partial charge in [0, 0.05) is 19.0 Å². The summed E-state index contributed by atoms with van der Waals surface area (Å²) in [6, 6.07) is 18.7. The van der Waals surface area contributed by atoms with Crippen LogP contribution in [0.5, 0.6) is 0 Å². The fourth-order valence-electron chi connectivity index (χ4n) is 2.93. The fraction of sp³-hybridized carbons (Fsp3) is 0.190. The van der Waals surface area contributed by atoms with Crippen LogP contribution in [-0.2, 0) is 16.4 Å². The third-order valence-corrected chi connectivity index (χ3v) is 6.22. The van der Waals surface area contributed by atoms with Crippen LogP contribution >= 0.6 is 0 Å². The van der Waals surface area contributed by atoms with Crippen LogP contribution in [0.25, 0.3) is 0 Å². The summed E-state index contributed by atoms with van der Waals surface area (Å²) in [5.41, 5.74) is 1.52. The summed E-state index contributed by atoms with van der Waals surface area (Å²) in [6.07, 6.45) is 2.13. The summed E-state index contributed by atoms with van der Waals surface area (Å²) >= 11 is 0. The minimum atomic E-state index is -3.66. The summed E-state index contributed by atoms with van der Waals surface area (Å²) in [4.78, 5) is 3.17. The maximum absolute atomic E-state index is 13.2. The lowest BCUT2D eigenvalue weighted by molar-refractivity contribution is -0.364. The van der Waals surface area contributed by atoms with Gasteiger partial charge in [0.2, 0.25) is 0 Å². The summed E-state index contributed by atoms with van der Waals surface area (Å²) in [5.74, 6) is 0.440. The molecule has 0 atom stereocenters. The minimum Gasteiger partial charge on any atom is -0.274 e. The number of halogens is 1. The number of hydrogen-bond acceptors (Lipinski definition) is 3. The predicted octanol–water partition coefficient (Wildman–Crippen LogP) is 3.51. The Morgan fingerprint density at radius 1 is 1.04 bits per heavy atom. The highest BCUT2D eigenvalue weighted by molar-refractivity contribution is 7.92. The van der Waals surface area contributed by atoms with Crippen molar-refractivity contribution in [1.82, 2.24) is 0 Å². The number of pyridine rings is 1. The molecule has 5 nitrogen and oxygen atoms in total. The maximum Gasteiger partial charge on any atom is 0.272 e. The van der Waals surface area contributed by atoms with E-state index in [1.807, 2.05) is 24.3 Å². The molecule has 2 aromatic carbocycles. The number of H-pyrrole nitrogens is 1. The lowest BCUT2D eigenvalue weighted by Gasteiger charge is -2.22. The minimum absolute atomic E-state index is 0.189. The Balaban J connectivity index is 1.67. The van der Waals surface area contributed by atoms with Crippen LogP contribution in [0.15, 0.2) is 77.8 Å². The molecule has 1 heterocycles. The highest BCUT2D eigenvalue weighted by atomic mass is 32.2. The molecule has 0 aliphatic heterocycles. The summed E-state index contributed by atoms with van der Waals surface area (Å²) < 4.78 is 40.5. The molecule has 0 saturated carbocycles. The Labute approximate surface area is 164 Å². The van der Waals surface area contributed by atoms with Crippen molar-refractivity contribution < 1.29 is 17.8 Å². The second kappa shape index (κ2) is 8.84. The molecule has 3 aromatic rings. The number of nitrogens with one attached hydrogen (secondary N) is 2. The van der Waals surface area contributed by atoms with Crippen LogP contribution < -0.4 is 14.6 Å². The lowest BCUT2D eigenvalue weighted by Crippen LogP contribution is -2.31. The first kappa shape index (κ1) is 19.8. The van der Waals surface area contributed by atoms with Crippen LogP contribution in [0.2, 0.25) is 0 Å². The zero-order valence-corrected chi connectivity index (χ0v) is 16.4. The molecule has 0 unspecified atom stereocenters. The number of para-hydroxylation sites is 1. The van der Waals surface area contributed by atoms with Crippen LogP contribution in [0.4, 0.5) is 15.9 Å². The zero-order valence-electron chi connectivity index (χ0n) is 15.6.